The largest absolute Gasteiger partial charge is 0.482 e. The molecule has 0 amide bonds. The lowest BCUT2D eigenvalue weighted by molar-refractivity contribution is -0.148. The number of Topliss-reactive ketones (excluding diaryl/α,β-unsaturated/α-hetero) is 1. The molecule has 0 N–H and O–H groups in total. The van der Waals surface area contributed by atoms with Crippen LogP contribution in [0.4, 0.5) is 0 Å². The molecular weight excluding hydrogens is 316 g/mol. The Labute approximate surface area is 146 Å². The SMILES string of the molecule is CC(OC(=O)COc1ccccc1)C(=O)c1ccc2ccccc2c1. The first-order valence-corrected chi connectivity index (χ1v) is 8.04. The highest BCUT2D eigenvalue weighted by Crippen LogP contribution is 2.17. The number of ether oxygens (including phenoxy) is 2. The van der Waals surface area contributed by atoms with Gasteiger partial charge in [-0.3, -0.25) is 4.79 Å². The molecule has 0 heterocycles. The van der Waals surface area contributed by atoms with Crippen molar-refractivity contribution >= 4 is 22.5 Å². The van der Waals surface area contributed by atoms with Crippen molar-refractivity contribution in [1.82, 2.24) is 0 Å². The first-order chi connectivity index (χ1) is 12.1. The van der Waals surface area contributed by atoms with E-state index in [0.717, 1.165) is 10.8 Å². The standard InChI is InChI=1S/C21H18O4/c1-15(25-20(22)14-24-19-9-3-2-4-10-19)21(23)18-12-11-16-7-5-6-8-17(16)13-18/h2-13,15H,14H2,1H3. The van der Waals surface area contributed by atoms with Crippen LogP contribution in [0.1, 0.15) is 17.3 Å². The van der Waals surface area contributed by atoms with Crippen molar-refractivity contribution < 1.29 is 19.1 Å². The second kappa shape index (κ2) is 7.62. The Kier molecular flexibility index (Phi) is 5.09. The van der Waals surface area contributed by atoms with E-state index < -0.39 is 12.1 Å². The van der Waals surface area contributed by atoms with Crippen LogP contribution in [0.2, 0.25) is 0 Å². The van der Waals surface area contributed by atoms with Gasteiger partial charge in [0.15, 0.2) is 12.7 Å². The fourth-order valence-corrected chi connectivity index (χ4v) is 2.52. The molecule has 0 aliphatic carbocycles. The summed E-state index contributed by atoms with van der Waals surface area (Å²) in [6.45, 7) is 1.33. The maximum atomic E-state index is 12.5. The van der Waals surface area contributed by atoms with Crippen LogP contribution in [0.5, 0.6) is 5.75 Å². The third-order valence-corrected chi connectivity index (χ3v) is 3.81. The van der Waals surface area contributed by atoms with Crippen molar-refractivity contribution in [2.24, 2.45) is 0 Å². The molecular formula is C21H18O4. The molecule has 0 radical (unpaired) electrons. The lowest BCUT2D eigenvalue weighted by Gasteiger charge is -2.13. The van der Waals surface area contributed by atoms with Gasteiger partial charge in [-0.2, -0.15) is 0 Å². The van der Waals surface area contributed by atoms with E-state index in [1.807, 2.05) is 54.6 Å². The smallest absolute Gasteiger partial charge is 0.344 e. The molecule has 0 fully saturated rings. The molecule has 1 unspecified atom stereocenters. The third-order valence-electron chi connectivity index (χ3n) is 3.81. The first kappa shape index (κ1) is 16.7. The van der Waals surface area contributed by atoms with Crippen LogP contribution >= 0.6 is 0 Å². The maximum absolute atomic E-state index is 12.5. The summed E-state index contributed by atoms with van der Waals surface area (Å²) in [7, 11) is 0. The molecule has 0 aromatic heterocycles. The van der Waals surface area contributed by atoms with Crippen LogP contribution in [0.15, 0.2) is 72.8 Å². The molecule has 4 nitrogen and oxygen atoms in total. The highest BCUT2D eigenvalue weighted by Gasteiger charge is 2.20. The number of hydrogen-bond acceptors (Lipinski definition) is 4. The van der Waals surface area contributed by atoms with Crippen LogP contribution in [-0.4, -0.2) is 24.5 Å². The van der Waals surface area contributed by atoms with Gasteiger partial charge in [-0.15, -0.1) is 0 Å². The van der Waals surface area contributed by atoms with Crippen molar-refractivity contribution in [3.8, 4) is 5.75 Å². The number of benzene rings is 3. The van der Waals surface area contributed by atoms with Crippen molar-refractivity contribution in [2.45, 2.75) is 13.0 Å². The molecule has 25 heavy (non-hydrogen) atoms. The van der Waals surface area contributed by atoms with Crippen LogP contribution in [0.3, 0.4) is 0 Å². The number of carbonyl (C=O) groups excluding carboxylic acids is 2. The molecule has 0 saturated carbocycles. The summed E-state index contributed by atoms with van der Waals surface area (Å²) in [6, 6.07) is 22.2. The second-order valence-corrected chi connectivity index (χ2v) is 5.66. The molecule has 3 aromatic carbocycles. The number of fused-ring (bicyclic) bond motifs is 1. The zero-order chi connectivity index (χ0) is 17.6. The van der Waals surface area contributed by atoms with Crippen molar-refractivity contribution in [2.75, 3.05) is 6.61 Å². The average molecular weight is 334 g/mol. The number of rotatable bonds is 6. The quantitative estimate of drug-likeness (QED) is 0.504. The number of carbonyl (C=O) groups is 2. The van der Waals surface area contributed by atoms with Crippen molar-refractivity contribution in [3.63, 3.8) is 0 Å². The summed E-state index contributed by atoms with van der Waals surface area (Å²) in [6.07, 6.45) is -0.868. The van der Waals surface area contributed by atoms with Crippen LogP contribution < -0.4 is 4.74 Å². The van der Waals surface area contributed by atoms with Crippen molar-refractivity contribution in [1.29, 1.82) is 0 Å². The van der Waals surface area contributed by atoms with Gasteiger partial charge in [-0.1, -0.05) is 54.6 Å². The number of hydrogen-bond donors (Lipinski definition) is 0. The lowest BCUT2D eigenvalue weighted by atomic mass is 10.0. The van der Waals surface area contributed by atoms with Gasteiger partial charge in [-0.05, 0) is 35.9 Å². The van der Waals surface area contributed by atoms with E-state index in [4.69, 9.17) is 9.47 Å². The Bertz CT molecular complexity index is 887. The summed E-state index contributed by atoms with van der Waals surface area (Å²) in [4.78, 5) is 24.4. The van der Waals surface area contributed by atoms with E-state index >= 15 is 0 Å². The van der Waals surface area contributed by atoms with E-state index in [0.29, 0.717) is 11.3 Å². The summed E-state index contributed by atoms with van der Waals surface area (Å²) in [5, 5.41) is 2.03. The lowest BCUT2D eigenvalue weighted by Crippen LogP contribution is -2.27. The molecule has 3 aromatic rings. The maximum Gasteiger partial charge on any atom is 0.344 e. The normalized spacial score (nSPS) is 11.7. The summed E-state index contributed by atoms with van der Waals surface area (Å²) >= 11 is 0. The van der Waals surface area contributed by atoms with Gasteiger partial charge in [0.2, 0.25) is 5.78 Å². The minimum Gasteiger partial charge on any atom is -0.482 e. The van der Waals surface area contributed by atoms with Gasteiger partial charge in [0, 0.05) is 5.56 Å². The Morgan fingerprint density at radius 1 is 0.880 bits per heavy atom. The van der Waals surface area contributed by atoms with E-state index in [9.17, 15) is 9.59 Å². The van der Waals surface area contributed by atoms with Gasteiger partial charge in [0.1, 0.15) is 5.75 Å². The number of para-hydroxylation sites is 1. The fourth-order valence-electron chi connectivity index (χ4n) is 2.52. The van der Waals surface area contributed by atoms with E-state index in [1.54, 1.807) is 25.1 Å². The van der Waals surface area contributed by atoms with Gasteiger partial charge in [0.25, 0.3) is 0 Å². The molecule has 0 bridgehead atoms. The predicted octanol–water partition coefficient (Wildman–Crippen LogP) is 4.03. The van der Waals surface area contributed by atoms with Gasteiger partial charge in [-0.25, -0.2) is 4.79 Å². The monoisotopic (exact) mass is 334 g/mol. The fraction of sp³-hybridized carbons (Fsp3) is 0.143. The highest BCUT2D eigenvalue weighted by atomic mass is 16.6. The molecule has 3 rings (SSSR count). The summed E-state index contributed by atoms with van der Waals surface area (Å²) < 4.78 is 10.5. The third kappa shape index (κ3) is 4.23. The molecule has 4 heteroatoms. The Hall–Kier alpha value is -3.14. The van der Waals surface area contributed by atoms with E-state index in [-0.39, 0.29) is 12.4 Å². The van der Waals surface area contributed by atoms with Crippen molar-refractivity contribution in [3.05, 3.63) is 78.4 Å². The zero-order valence-electron chi connectivity index (χ0n) is 13.8. The molecule has 126 valence electrons. The predicted molar refractivity (Wildman–Crippen MR) is 95.8 cm³/mol. The molecule has 0 spiro atoms. The molecule has 1 atom stereocenters. The van der Waals surface area contributed by atoms with E-state index in [1.165, 1.54) is 0 Å². The van der Waals surface area contributed by atoms with Gasteiger partial charge in [0.05, 0.1) is 0 Å². The number of esters is 1. The first-order valence-electron chi connectivity index (χ1n) is 8.04. The minimum atomic E-state index is -0.868. The van der Waals surface area contributed by atoms with Crippen LogP contribution in [-0.2, 0) is 9.53 Å². The second-order valence-electron chi connectivity index (χ2n) is 5.66. The zero-order valence-corrected chi connectivity index (χ0v) is 13.8. The minimum absolute atomic E-state index is 0.237. The molecule has 0 aliphatic rings. The Balaban J connectivity index is 1.60. The average Bonchev–Trinajstić information content (AvgIpc) is 2.66. The van der Waals surface area contributed by atoms with Crippen LogP contribution in [0, 0.1) is 0 Å². The topological polar surface area (TPSA) is 52.6 Å². The van der Waals surface area contributed by atoms with Crippen LogP contribution in [0.25, 0.3) is 10.8 Å². The summed E-state index contributed by atoms with van der Waals surface area (Å²) in [5.74, 6) is -0.239. The highest BCUT2D eigenvalue weighted by molar-refractivity contribution is 6.03. The molecule has 0 saturated heterocycles. The number of ketones is 1. The Morgan fingerprint density at radius 2 is 1.56 bits per heavy atom. The summed E-state index contributed by atoms with van der Waals surface area (Å²) in [5.41, 5.74) is 0.517. The van der Waals surface area contributed by atoms with Gasteiger partial charge >= 0.3 is 5.97 Å². The Morgan fingerprint density at radius 3 is 2.32 bits per heavy atom. The van der Waals surface area contributed by atoms with Gasteiger partial charge < -0.3 is 9.47 Å². The van der Waals surface area contributed by atoms with E-state index in [2.05, 4.69) is 0 Å². The molecule has 0 aliphatic heterocycles.